The maximum absolute atomic E-state index is 11.3. The highest BCUT2D eigenvalue weighted by atomic mass is 79.9. The molecule has 1 fully saturated rings. The van der Waals surface area contributed by atoms with Gasteiger partial charge < -0.3 is 0 Å². The number of rotatable bonds is 0. The lowest BCUT2D eigenvalue weighted by atomic mass is 9.95. The molecule has 2 aliphatic rings. The van der Waals surface area contributed by atoms with Crippen LogP contribution in [0.4, 0.5) is 0 Å². The highest BCUT2D eigenvalue weighted by Crippen LogP contribution is 2.35. The van der Waals surface area contributed by atoms with Gasteiger partial charge in [-0.15, -0.1) is 12.4 Å². The van der Waals surface area contributed by atoms with Crippen LogP contribution in [-0.2, 0) is 4.79 Å². The lowest BCUT2D eigenvalue weighted by molar-refractivity contribution is -0.113. The molecule has 1 atom stereocenters. The zero-order valence-corrected chi connectivity index (χ0v) is 9.74. The van der Waals surface area contributed by atoms with Crippen molar-refractivity contribution in [2.45, 2.75) is 26.2 Å². The Bertz CT molecular complexity index is 309. The number of aliphatic imine (C=N–C) groups is 1. The average molecular weight is 265 g/mol. The van der Waals surface area contributed by atoms with Crippen molar-refractivity contribution in [3.8, 4) is 0 Å². The molecular formula is C9H11BrClNO. The maximum atomic E-state index is 11.3. The van der Waals surface area contributed by atoms with Gasteiger partial charge in [-0.05, 0) is 47.7 Å². The number of nitrogens with zero attached hydrogens (tertiary/aromatic N) is 1. The Morgan fingerprint density at radius 3 is 2.92 bits per heavy atom. The summed E-state index contributed by atoms with van der Waals surface area (Å²) >= 11 is 3.28. The molecule has 0 radical (unpaired) electrons. The Morgan fingerprint density at radius 2 is 2.23 bits per heavy atom. The number of carbonyl (C=O) groups is 1. The Labute approximate surface area is 92.0 Å². The van der Waals surface area contributed by atoms with Crippen LogP contribution in [0, 0.1) is 5.92 Å². The van der Waals surface area contributed by atoms with Crippen LogP contribution >= 0.6 is 28.3 Å². The Morgan fingerprint density at radius 1 is 1.54 bits per heavy atom. The van der Waals surface area contributed by atoms with Crippen LogP contribution in [-0.4, -0.2) is 11.6 Å². The third-order valence-electron chi connectivity index (χ3n) is 2.63. The van der Waals surface area contributed by atoms with Crippen molar-refractivity contribution >= 4 is 40.0 Å². The topological polar surface area (TPSA) is 29.4 Å². The number of hydrogen-bond donors (Lipinski definition) is 0. The highest BCUT2D eigenvalue weighted by molar-refractivity contribution is 9.12. The molecule has 1 amide bonds. The van der Waals surface area contributed by atoms with Gasteiger partial charge in [-0.2, -0.15) is 0 Å². The molecule has 1 saturated carbocycles. The van der Waals surface area contributed by atoms with Crippen molar-refractivity contribution in [1.82, 2.24) is 0 Å². The monoisotopic (exact) mass is 263 g/mol. The van der Waals surface area contributed by atoms with Crippen molar-refractivity contribution < 1.29 is 4.79 Å². The van der Waals surface area contributed by atoms with Crippen molar-refractivity contribution in [2.75, 3.05) is 0 Å². The molecule has 1 aliphatic heterocycles. The Balaban J connectivity index is 0.000000845. The van der Waals surface area contributed by atoms with Gasteiger partial charge in [-0.1, -0.05) is 0 Å². The summed E-state index contributed by atoms with van der Waals surface area (Å²) in [6.07, 6.45) is 3.34. The predicted octanol–water partition coefficient (Wildman–Crippen LogP) is 2.86. The lowest BCUT2D eigenvalue weighted by Gasteiger charge is -2.17. The molecule has 2 rings (SSSR count). The van der Waals surface area contributed by atoms with E-state index in [0.29, 0.717) is 10.4 Å². The van der Waals surface area contributed by atoms with E-state index in [1.54, 1.807) is 0 Å². The van der Waals surface area contributed by atoms with Gasteiger partial charge in [0.05, 0.1) is 4.48 Å². The fraction of sp³-hybridized carbons (Fsp3) is 0.556. The van der Waals surface area contributed by atoms with Crippen LogP contribution in [0.1, 0.15) is 26.2 Å². The summed E-state index contributed by atoms with van der Waals surface area (Å²) in [4.78, 5) is 15.3. The molecule has 1 unspecified atom stereocenters. The molecule has 2 nitrogen and oxygen atoms in total. The number of fused-ring (bicyclic) bond motifs is 1. The number of hydrogen-bond acceptors (Lipinski definition) is 1. The van der Waals surface area contributed by atoms with E-state index >= 15 is 0 Å². The molecule has 13 heavy (non-hydrogen) atoms. The van der Waals surface area contributed by atoms with Crippen LogP contribution in [0.5, 0.6) is 0 Å². The molecule has 0 aromatic rings. The van der Waals surface area contributed by atoms with E-state index in [0.717, 1.165) is 18.6 Å². The summed E-state index contributed by atoms with van der Waals surface area (Å²) in [5, 5.41) is 0. The molecule has 0 saturated heterocycles. The number of dihydropyridines is 1. The molecule has 0 spiro atoms. The minimum absolute atomic E-state index is 0. The van der Waals surface area contributed by atoms with Crippen LogP contribution in [0.2, 0.25) is 0 Å². The van der Waals surface area contributed by atoms with Gasteiger partial charge in [0.1, 0.15) is 0 Å². The first kappa shape index (κ1) is 10.9. The molecule has 0 aromatic heterocycles. The van der Waals surface area contributed by atoms with Gasteiger partial charge in [0, 0.05) is 11.6 Å². The van der Waals surface area contributed by atoms with E-state index < -0.39 is 0 Å². The van der Waals surface area contributed by atoms with Crippen LogP contribution < -0.4 is 0 Å². The summed E-state index contributed by atoms with van der Waals surface area (Å²) in [6.45, 7) is 2.02. The van der Waals surface area contributed by atoms with Gasteiger partial charge in [-0.25, -0.2) is 4.99 Å². The second-order valence-corrected chi connectivity index (χ2v) is 4.14. The number of carbonyl (C=O) groups excluding carboxylic acids is 1. The van der Waals surface area contributed by atoms with Gasteiger partial charge in [0.15, 0.2) is 0 Å². The molecule has 0 aromatic carbocycles. The first-order valence-corrected chi connectivity index (χ1v) is 4.97. The average Bonchev–Trinajstić information content (AvgIpc) is 2.48. The first-order chi connectivity index (χ1) is 5.70. The largest absolute Gasteiger partial charge is 0.283 e. The summed E-state index contributed by atoms with van der Waals surface area (Å²) in [7, 11) is 0. The Hall–Kier alpha value is -0.150. The van der Waals surface area contributed by atoms with Crippen LogP contribution in [0.3, 0.4) is 0 Å². The second kappa shape index (κ2) is 3.93. The fourth-order valence-electron chi connectivity index (χ4n) is 1.93. The van der Waals surface area contributed by atoms with Crippen molar-refractivity contribution in [1.29, 1.82) is 0 Å². The zero-order chi connectivity index (χ0) is 8.72. The van der Waals surface area contributed by atoms with Gasteiger partial charge in [0.2, 0.25) is 0 Å². The third-order valence-corrected chi connectivity index (χ3v) is 3.59. The SMILES string of the molecule is CC1=C(Br)C(=O)N=C2CCCC21.Cl. The summed E-state index contributed by atoms with van der Waals surface area (Å²) in [6, 6.07) is 0. The predicted molar refractivity (Wildman–Crippen MR) is 58.7 cm³/mol. The normalized spacial score (nSPS) is 26.8. The number of halogens is 2. The van der Waals surface area contributed by atoms with E-state index in [1.807, 2.05) is 6.92 Å². The first-order valence-electron chi connectivity index (χ1n) is 4.18. The van der Waals surface area contributed by atoms with Crippen molar-refractivity contribution in [2.24, 2.45) is 10.9 Å². The second-order valence-electron chi connectivity index (χ2n) is 3.35. The van der Waals surface area contributed by atoms with E-state index in [4.69, 9.17) is 0 Å². The van der Waals surface area contributed by atoms with Crippen LogP contribution in [0.25, 0.3) is 0 Å². The van der Waals surface area contributed by atoms with E-state index in [2.05, 4.69) is 20.9 Å². The highest BCUT2D eigenvalue weighted by Gasteiger charge is 2.31. The third kappa shape index (κ3) is 1.72. The minimum Gasteiger partial charge on any atom is -0.266 e. The standard InChI is InChI=1S/C9H10BrNO.ClH/c1-5-6-3-2-4-7(6)11-9(12)8(5)10;/h6H,2-4H2,1H3;1H. The molecule has 1 heterocycles. The quantitative estimate of drug-likeness (QED) is 0.661. The number of amides is 1. The molecule has 4 heteroatoms. The molecule has 0 N–H and O–H groups in total. The summed E-state index contributed by atoms with van der Waals surface area (Å²) in [5.41, 5.74) is 2.27. The van der Waals surface area contributed by atoms with E-state index in [1.165, 1.54) is 12.0 Å². The fourth-order valence-corrected chi connectivity index (χ4v) is 2.29. The van der Waals surface area contributed by atoms with Gasteiger partial charge in [-0.3, -0.25) is 4.79 Å². The molecule has 0 bridgehead atoms. The maximum Gasteiger partial charge on any atom is 0.283 e. The number of allylic oxidation sites excluding steroid dienone is 1. The Kier molecular flexibility index (Phi) is 3.30. The summed E-state index contributed by atoms with van der Waals surface area (Å²) in [5.74, 6) is 0.359. The van der Waals surface area contributed by atoms with E-state index in [-0.39, 0.29) is 18.3 Å². The zero-order valence-electron chi connectivity index (χ0n) is 7.34. The van der Waals surface area contributed by atoms with Gasteiger partial charge in [0.25, 0.3) is 5.91 Å². The lowest BCUT2D eigenvalue weighted by Crippen LogP contribution is -2.18. The minimum atomic E-state index is -0.0966. The molecule has 72 valence electrons. The van der Waals surface area contributed by atoms with E-state index in [9.17, 15) is 4.79 Å². The smallest absolute Gasteiger partial charge is 0.266 e. The summed E-state index contributed by atoms with van der Waals surface area (Å²) < 4.78 is 0.679. The molecular weight excluding hydrogens is 253 g/mol. The van der Waals surface area contributed by atoms with Crippen molar-refractivity contribution in [3.05, 3.63) is 10.1 Å². The van der Waals surface area contributed by atoms with Gasteiger partial charge >= 0.3 is 0 Å². The van der Waals surface area contributed by atoms with Crippen LogP contribution in [0.15, 0.2) is 15.0 Å². The molecule has 1 aliphatic carbocycles. The van der Waals surface area contributed by atoms with Crippen molar-refractivity contribution in [3.63, 3.8) is 0 Å².